The van der Waals surface area contributed by atoms with Gasteiger partial charge in [0.15, 0.2) is 0 Å². The van der Waals surface area contributed by atoms with Crippen molar-refractivity contribution in [3.8, 4) is 0 Å². The number of nitrogens with zero attached hydrogens (tertiary/aromatic N) is 2. The van der Waals surface area contributed by atoms with Crippen LogP contribution < -0.4 is 0 Å². The van der Waals surface area contributed by atoms with Crippen molar-refractivity contribution in [2.24, 2.45) is 0 Å². The number of non-ortho nitro benzene ring substituents is 1. The van der Waals surface area contributed by atoms with Crippen molar-refractivity contribution in [3.63, 3.8) is 0 Å². The molecule has 0 bridgehead atoms. The van der Waals surface area contributed by atoms with E-state index in [1.807, 2.05) is 37.3 Å². The Labute approximate surface area is 170 Å². The smallest absolute Gasteiger partial charge is 0.269 e. The Morgan fingerprint density at radius 3 is 2.52 bits per heavy atom. The van der Waals surface area contributed by atoms with E-state index in [1.165, 1.54) is 28.6 Å². The molecule has 2 aromatic carbocycles. The van der Waals surface area contributed by atoms with E-state index in [1.54, 1.807) is 0 Å². The highest BCUT2D eigenvalue weighted by atomic mass is 32.2. The summed E-state index contributed by atoms with van der Waals surface area (Å²) in [6.07, 6.45) is 0.0583. The SMILES string of the molecule is C[C@@H]1CCN(S(=O)(=O)c2ccc([N+](=O)[O-])cc2)C[C@H](COCc2ccccc2)O1. The van der Waals surface area contributed by atoms with Crippen molar-refractivity contribution >= 4 is 15.7 Å². The molecule has 0 amide bonds. The van der Waals surface area contributed by atoms with E-state index in [-0.39, 0.29) is 29.8 Å². The van der Waals surface area contributed by atoms with Gasteiger partial charge in [-0.3, -0.25) is 10.1 Å². The molecule has 29 heavy (non-hydrogen) atoms. The Morgan fingerprint density at radius 1 is 1.17 bits per heavy atom. The number of nitro groups is 1. The molecule has 0 aliphatic carbocycles. The van der Waals surface area contributed by atoms with Gasteiger partial charge in [0.25, 0.3) is 5.69 Å². The van der Waals surface area contributed by atoms with Crippen molar-refractivity contribution in [2.45, 2.75) is 37.1 Å². The molecule has 156 valence electrons. The molecule has 0 N–H and O–H groups in total. The quantitative estimate of drug-likeness (QED) is 0.504. The Kier molecular flexibility index (Phi) is 6.96. The van der Waals surface area contributed by atoms with Gasteiger partial charge in [-0.25, -0.2) is 8.42 Å². The van der Waals surface area contributed by atoms with E-state index < -0.39 is 21.1 Å². The van der Waals surface area contributed by atoms with Gasteiger partial charge < -0.3 is 9.47 Å². The minimum Gasteiger partial charge on any atom is -0.374 e. The number of ether oxygens (including phenoxy) is 2. The maximum atomic E-state index is 13.0. The highest BCUT2D eigenvalue weighted by Crippen LogP contribution is 2.23. The first-order valence-electron chi connectivity index (χ1n) is 9.38. The predicted molar refractivity (Wildman–Crippen MR) is 107 cm³/mol. The summed E-state index contributed by atoms with van der Waals surface area (Å²) in [4.78, 5) is 10.3. The molecule has 1 fully saturated rings. The number of sulfonamides is 1. The molecule has 9 heteroatoms. The number of benzene rings is 2. The second kappa shape index (κ2) is 9.45. The highest BCUT2D eigenvalue weighted by Gasteiger charge is 2.31. The Bertz CT molecular complexity index is 918. The lowest BCUT2D eigenvalue weighted by atomic mass is 10.2. The minimum atomic E-state index is -3.79. The molecule has 8 nitrogen and oxygen atoms in total. The largest absolute Gasteiger partial charge is 0.374 e. The summed E-state index contributed by atoms with van der Waals surface area (Å²) in [5.74, 6) is 0. The minimum absolute atomic E-state index is 0.0293. The molecule has 3 rings (SSSR count). The van der Waals surface area contributed by atoms with Gasteiger partial charge in [0.2, 0.25) is 10.0 Å². The highest BCUT2D eigenvalue weighted by molar-refractivity contribution is 7.89. The number of hydrogen-bond donors (Lipinski definition) is 0. The molecule has 1 saturated heterocycles. The lowest BCUT2D eigenvalue weighted by Crippen LogP contribution is -2.38. The molecule has 1 aliphatic heterocycles. The summed E-state index contributed by atoms with van der Waals surface area (Å²) >= 11 is 0. The Morgan fingerprint density at radius 2 is 1.86 bits per heavy atom. The topological polar surface area (TPSA) is 99.0 Å². The first-order chi connectivity index (χ1) is 13.9. The van der Waals surface area contributed by atoms with Crippen LogP contribution in [0.2, 0.25) is 0 Å². The molecule has 2 aromatic rings. The maximum absolute atomic E-state index is 13.0. The first-order valence-corrected chi connectivity index (χ1v) is 10.8. The van der Waals surface area contributed by atoms with E-state index in [0.29, 0.717) is 19.6 Å². The second-order valence-corrected chi connectivity index (χ2v) is 8.91. The number of nitro benzene ring substituents is 1. The zero-order chi connectivity index (χ0) is 20.9. The first kappa shape index (κ1) is 21.4. The summed E-state index contributed by atoms with van der Waals surface area (Å²) in [7, 11) is -3.79. The average Bonchev–Trinajstić information content (AvgIpc) is 2.90. The molecule has 0 aromatic heterocycles. The van der Waals surface area contributed by atoms with Crippen LogP contribution in [0.3, 0.4) is 0 Å². The fourth-order valence-electron chi connectivity index (χ4n) is 3.17. The third-order valence-corrected chi connectivity index (χ3v) is 6.60. The van der Waals surface area contributed by atoms with Crippen LogP contribution in [0.15, 0.2) is 59.5 Å². The van der Waals surface area contributed by atoms with Gasteiger partial charge in [-0.15, -0.1) is 0 Å². The lowest BCUT2D eigenvalue weighted by Gasteiger charge is -2.23. The van der Waals surface area contributed by atoms with E-state index >= 15 is 0 Å². The van der Waals surface area contributed by atoms with Crippen LogP contribution in [0.1, 0.15) is 18.9 Å². The molecule has 2 atom stereocenters. The zero-order valence-corrected chi connectivity index (χ0v) is 17.0. The van der Waals surface area contributed by atoms with Crippen LogP contribution >= 0.6 is 0 Å². The summed E-state index contributed by atoms with van der Waals surface area (Å²) in [6.45, 7) is 3.08. The van der Waals surface area contributed by atoms with E-state index in [4.69, 9.17) is 9.47 Å². The Balaban J connectivity index is 1.68. The summed E-state index contributed by atoms with van der Waals surface area (Å²) in [6, 6.07) is 14.6. The van der Waals surface area contributed by atoms with Gasteiger partial charge in [-0.1, -0.05) is 30.3 Å². The summed E-state index contributed by atoms with van der Waals surface area (Å²) < 4.78 is 39.1. The van der Waals surface area contributed by atoms with Crippen molar-refractivity contribution in [1.82, 2.24) is 4.31 Å². The van der Waals surface area contributed by atoms with Gasteiger partial charge in [-0.2, -0.15) is 4.31 Å². The summed E-state index contributed by atoms with van der Waals surface area (Å²) in [5, 5.41) is 10.8. The third-order valence-electron chi connectivity index (χ3n) is 4.72. The van der Waals surface area contributed by atoms with Crippen molar-refractivity contribution in [3.05, 3.63) is 70.3 Å². The van der Waals surface area contributed by atoms with E-state index in [0.717, 1.165) is 5.56 Å². The third kappa shape index (κ3) is 5.60. The van der Waals surface area contributed by atoms with Crippen molar-refractivity contribution < 1.29 is 22.8 Å². The van der Waals surface area contributed by atoms with Gasteiger partial charge >= 0.3 is 0 Å². The maximum Gasteiger partial charge on any atom is 0.269 e. The van der Waals surface area contributed by atoms with Gasteiger partial charge in [0.1, 0.15) is 0 Å². The Hall–Kier alpha value is -2.33. The van der Waals surface area contributed by atoms with Crippen molar-refractivity contribution in [2.75, 3.05) is 19.7 Å². The molecule has 0 radical (unpaired) electrons. The van der Waals surface area contributed by atoms with Crippen molar-refractivity contribution in [1.29, 1.82) is 0 Å². The van der Waals surface area contributed by atoms with Crippen LogP contribution in [0, 0.1) is 10.1 Å². The average molecular weight is 420 g/mol. The van der Waals surface area contributed by atoms with Gasteiger partial charge in [0.05, 0.1) is 35.2 Å². The summed E-state index contributed by atoms with van der Waals surface area (Å²) in [5.41, 5.74) is 0.883. The predicted octanol–water partition coefficient (Wildman–Crippen LogP) is 2.98. The van der Waals surface area contributed by atoms with Crippen LogP contribution in [0.5, 0.6) is 0 Å². The van der Waals surface area contributed by atoms with E-state index in [2.05, 4.69) is 0 Å². The van der Waals surface area contributed by atoms with Crippen LogP contribution in [-0.4, -0.2) is 49.6 Å². The number of hydrogen-bond acceptors (Lipinski definition) is 6. The van der Waals surface area contributed by atoms with Gasteiger partial charge in [-0.05, 0) is 31.0 Å². The van der Waals surface area contributed by atoms with E-state index in [9.17, 15) is 18.5 Å². The molecular formula is C20H24N2O6S. The van der Waals surface area contributed by atoms with Crippen LogP contribution in [-0.2, 0) is 26.1 Å². The molecule has 0 unspecified atom stereocenters. The number of rotatable bonds is 7. The molecule has 1 heterocycles. The van der Waals surface area contributed by atoms with Crippen LogP contribution in [0.4, 0.5) is 5.69 Å². The lowest BCUT2D eigenvalue weighted by molar-refractivity contribution is -0.384. The molecule has 1 aliphatic rings. The normalized spacial score (nSPS) is 20.9. The molecule has 0 saturated carbocycles. The second-order valence-electron chi connectivity index (χ2n) is 6.97. The standard InChI is InChI=1S/C20H24N2O6S/c1-16-11-12-21(29(25,26)20-9-7-18(8-10-20)22(23)24)13-19(28-16)15-27-14-17-5-3-2-4-6-17/h2-10,16,19H,11-15H2,1H3/t16-,19-/m1/s1. The van der Waals surface area contributed by atoms with Crippen LogP contribution in [0.25, 0.3) is 0 Å². The fraction of sp³-hybridized carbons (Fsp3) is 0.400. The monoisotopic (exact) mass is 420 g/mol. The van der Waals surface area contributed by atoms with Gasteiger partial charge in [0, 0.05) is 25.2 Å². The molecular weight excluding hydrogens is 396 g/mol. The molecule has 0 spiro atoms. The zero-order valence-electron chi connectivity index (χ0n) is 16.1. The fourth-order valence-corrected chi connectivity index (χ4v) is 4.65.